The van der Waals surface area contributed by atoms with Crippen LogP contribution in [0, 0.1) is 23.7 Å². The van der Waals surface area contributed by atoms with Gasteiger partial charge in [0.15, 0.2) is 0 Å². The maximum atomic E-state index is 5.26. The van der Waals surface area contributed by atoms with Gasteiger partial charge in [-0.3, -0.25) is 4.98 Å². The van der Waals surface area contributed by atoms with E-state index >= 15 is 0 Å². The number of hydrogen-bond donors (Lipinski definition) is 0. The number of anilines is 3. The fourth-order valence-corrected chi connectivity index (χ4v) is 10.1. The zero-order valence-corrected chi connectivity index (χ0v) is 24.2. The third-order valence-electron chi connectivity index (χ3n) is 11.4. The summed E-state index contributed by atoms with van der Waals surface area (Å²) in [5, 5.41) is 2.25. The van der Waals surface area contributed by atoms with Gasteiger partial charge in [0.05, 0.1) is 28.1 Å². The van der Waals surface area contributed by atoms with Gasteiger partial charge in [0.25, 0.3) is 0 Å². The molecular weight excluding hydrogens is 522 g/mol. The molecule has 4 aromatic carbocycles. The second-order valence-corrected chi connectivity index (χ2v) is 13.5. The van der Waals surface area contributed by atoms with Crippen molar-refractivity contribution in [1.29, 1.82) is 0 Å². The van der Waals surface area contributed by atoms with E-state index in [1.165, 1.54) is 54.7 Å². The number of fused-ring (bicyclic) bond motifs is 5. The number of nitrogens with zero attached hydrogens (tertiary/aromatic N) is 3. The summed E-state index contributed by atoms with van der Waals surface area (Å²) in [7, 11) is 0. The van der Waals surface area contributed by atoms with E-state index in [0.29, 0.717) is 11.8 Å². The minimum atomic E-state index is 0.0834. The van der Waals surface area contributed by atoms with Crippen LogP contribution in [0.25, 0.3) is 33.1 Å². The van der Waals surface area contributed by atoms with Gasteiger partial charge in [-0.05, 0) is 103 Å². The Bertz CT molecular complexity index is 2030. The van der Waals surface area contributed by atoms with Crippen LogP contribution in [-0.4, -0.2) is 9.97 Å². The van der Waals surface area contributed by atoms with E-state index in [1.807, 2.05) is 12.3 Å². The third kappa shape index (κ3) is 3.25. The summed E-state index contributed by atoms with van der Waals surface area (Å²) >= 11 is 0. The molecule has 0 amide bonds. The Morgan fingerprint density at radius 1 is 0.581 bits per heavy atom. The van der Waals surface area contributed by atoms with Crippen LogP contribution < -0.4 is 4.90 Å². The second-order valence-electron chi connectivity index (χ2n) is 13.5. The van der Waals surface area contributed by atoms with Gasteiger partial charge in [-0.15, -0.1) is 0 Å². The second kappa shape index (κ2) is 8.76. The Labute approximate surface area is 252 Å². The molecular formula is C40H33N3. The van der Waals surface area contributed by atoms with E-state index in [2.05, 4.69) is 108 Å². The lowest BCUT2D eigenvalue weighted by atomic mass is 9.41. The molecule has 4 bridgehead atoms. The van der Waals surface area contributed by atoms with E-state index in [9.17, 15) is 0 Å². The number of rotatable bonds is 2. The minimum Gasteiger partial charge on any atom is -0.310 e. The standard InChI is InChI=1S/C40H33N3/c1-2-8-32(9-3-1)43-36-11-5-4-10-33(36)40(30-20-25-19-26(22-30)23-31(40)21-25)34-16-14-29(24-37(34)43)35-17-15-28-13-12-27-7-6-18-41-38(27)39(28)42-35/h1-18,24-26,30-31H,19-23H2. The highest BCUT2D eigenvalue weighted by Crippen LogP contribution is 2.69. The van der Waals surface area contributed by atoms with Crippen molar-refractivity contribution in [3.8, 4) is 11.3 Å². The molecule has 4 saturated carbocycles. The van der Waals surface area contributed by atoms with Crippen LogP contribution in [0.1, 0.15) is 43.2 Å². The maximum Gasteiger partial charge on any atom is 0.0972 e. The van der Waals surface area contributed by atoms with Crippen LogP contribution in [0.3, 0.4) is 0 Å². The van der Waals surface area contributed by atoms with Crippen molar-refractivity contribution in [1.82, 2.24) is 9.97 Å². The average molecular weight is 556 g/mol. The van der Waals surface area contributed by atoms with Crippen molar-refractivity contribution < 1.29 is 0 Å². The molecule has 3 heteroatoms. The van der Waals surface area contributed by atoms with E-state index in [0.717, 1.165) is 44.9 Å². The predicted octanol–water partition coefficient (Wildman–Crippen LogP) is 9.98. The highest BCUT2D eigenvalue weighted by atomic mass is 15.2. The molecule has 43 heavy (non-hydrogen) atoms. The first-order valence-electron chi connectivity index (χ1n) is 16.0. The van der Waals surface area contributed by atoms with Gasteiger partial charge in [-0.25, -0.2) is 4.98 Å². The van der Waals surface area contributed by atoms with Crippen molar-refractivity contribution in [3.63, 3.8) is 0 Å². The fraction of sp³-hybridized carbons (Fsp3) is 0.250. The lowest BCUT2D eigenvalue weighted by Gasteiger charge is -2.64. The van der Waals surface area contributed by atoms with Gasteiger partial charge < -0.3 is 4.90 Å². The number of pyridine rings is 2. The lowest BCUT2D eigenvalue weighted by Crippen LogP contribution is -2.57. The zero-order chi connectivity index (χ0) is 28.1. The first-order chi connectivity index (χ1) is 21.3. The zero-order valence-electron chi connectivity index (χ0n) is 24.2. The molecule has 2 aromatic heterocycles. The predicted molar refractivity (Wildman–Crippen MR) is 175 cm³/mol. The Kier molecular flexibility index (Phi) is 4.89. The van der Waals surface area contributed by atoms with Crippen molar-refractivity contribution in [2.75, 3.05) is 4.90 Å². The lowest BCUT2D eigenvalue weighted by molar-refractivity contribution is -0.0419. The van der Waals surface area contributed by atoms with Gasteiger partial charge in [0.1, 0.15) is 0 Å². The van der Waals surface area contributed by atoms with Crippen LogP contribution in [0.4, 0.5) is 17.1 Å². The molecule has 6 aromatic rings. The van der Waals surface area contributed by atoms with Crippen LogP contribution in [0.15, 0.2) is 115 Å². The highest BCUT2D eigenvalue weighted by Gasteiger charge is 2.61. The summed E-state index contributed by atoms with van der Waals surface area (Å²) in [6, 6.07) is 40.4. The van der Waals surface area contributed by atoms with E-state index < -0.39 is 0 Å². The SMILES string of the molecule is c1ccc(N2c3ccccc3C3(c4ccc(-c5ccc6ccc7cccnc7c6n5)cc42)C2CC4CC(C2)CC3C4)cc1. The molecule has 0 saturated heterocycles. The Morgan fingerprint density at radius 2 is 1.28 bits per heavy atom. The van der Waals surface area contributed by atoms with Crippen LogP contribution >= 0.6 is 0 Å². The number of benzene rings is 4. The van der Waals surface area contributed by atoms with E-state index in [1.54, 1.807) is 5.56 Å². The van der Waals surface area contributed by atoms with Gasteiger partial charge in [-0.1, -0.05) is 72.8 Å². The smallest absolute Gasteiger partial charge is 0.0972 e. The van der Waals surface area contributed by atoms with Crippen LogP contribution in [0.5, 0.6) is 0 Å². The van der Waals surface area contributed by atoms with Gasteiger partial charge in [0.2, 0.25) is 0 Å². The summed E-state index contributed by atoms with van der Waals surface area (Å²) in [6.07, 6.45) is 8.83. The summed E-state index contributed by atoms with van der Waals surface area (Å²) in [5.41, 5.74) is 11.2. The van der Waals surface area contributed by atoms with E-state index in [-0.39, 0.29) is 5.41 Å². The van der Waals surface area contributed by atoms with Crippen LogP contribution in [0.2, 0.25) is 0 Å². The van der Waals surface area contributed by atoms with Gasteiger partial charge >= 0.3 is 0 Å². The molecule has 4 fully saturated rings. The molecule has 0 unspecified atom stereocenters. The Morgan fingerprint density at radius 3 is 2.09 bits per heavy atom. The molecule has 208 valence electrons. The molecule has 3 nitrogen and oxygen atoms in total. The Hall–Kier alpha value is -4.50. The molecule has 11 rings (SSSR count). The number of aromatic nitrogens is 2. The molecule has 4 aliphatic carbocycles. The molecule has 0 atom stereocenters. The molecule has 3 heterocycles. The first kappa shape index (κ1) is 24.0. The summed E-state index contributed by atoms with van der Waals surface area (Å²) in [6.45, 7) is 0. The quantitative estimate of drug-likeness (QED) is 0.199. The molecule has 0 radical (unpaired) electrons. The third-order valence-corrected chi connectivity index (χ3v) is 11.4. The Balaban J connectivity index is 1.23. The topological polar surface area (TPSA) is 29.0 Å². The maximum absolute atomic E-state index is 5.26. The first-order valence-corrected chi connectivity index (χ1v) is 16.0. The molecule has 5 aliphatic rings. The number of hydrogen-bond acceptors (Lipinski definition) is 3. The fourth-order valence-electron chi connectivity index (χ4n) is 10.1. The molecule has 0 N–H and O–H groups in total. The summed E-state index contributed by atoms with van der Waals surface area (Å²) in [4.78, 5) is 12.5. The van der Waals surface area contributed by atoms with Crippen molar-refractivity contribution in [2.24, 2.45) is 23.7 Å². The normalized spacial score (nSPS) is 26.7. The number of para-hydroxylation sites is 2. The molecule has 1 spiro atoms. The van der Waals surface area contributed by atoms with Crippen molar-refractivity contribution in [3.05, 3.63) is 127 Å². The summed E-state index contributed by atoms with van der Waals surface area (Å²) < 4.78 is 0. The highest BCUT2D eigenvalue weighted by molar-refractivity contribution is 6.03. The summed E-state index contributed by atoms with van der Waals surface area (Å²) in [5.74, 6) is 3.26. The van der Waals surface area contributed by atoms with Gasteiger partial charge in [-0.2, -0.15) is 0 Å². The van der Waals surface area contributed by atoms with Crippen molar-refractivity contribution >= 4 is 38.9 Å². The van der Waals surface area contributed by atoms with Crippen molar-refractivity contribution in [2.45, 2.75) is 37.5 Å². The minimum absolute atomic E-state index is 0.0834. The molecule has 1 aliphatic heterocycles. The average Bonchev–Trinajstić information content (AvgIpc) is 3.06. The largest absolute Gasteiger partial charge is 0.310 e. The van der Waals surface area contributed by atoms with E-state index in [4.69, 9.17) is 9.97 Å². The monoisotopic (exact) mass is 555 g/mol. The van der Waals surface area contributed by atoms with Gasteiger partial charge in [0, 0.05) is 33.6 Å². The van der Waals surface area contributed by atoms with Crippen LogP contribution in [-0.2, 0) is 5.41 Å².